The van der Waals surface area contributed by atoms with Crippen LogP contribution >= 0.6 is 12.2 Å². The molecule has 1 atom stereocenters. The Balaban J connectivity index is 3.55. The summed E-state index contributed by atoms with van der Waals surface area (Å²) >= 11 is 4.46. The molecule has 0 heterocycles. The largest absolute Gasteiger partial charge is 0.393 e. The molecule has 0 aliphatic carbocycles. The molecule has 7 heavy (non-hydrogen) atoms. The number of aldehydes is 1. The zero-order chi connectivity index (χ0) is 5.86. The predicted octanol–water partition coefficient (Wildman–Crippen LogP) is 0.108. The summed E-state index contributed by atoms with van der Waals surface area (Å²) in [6.07, 6.45) is 0.725. The Morgan fingerprint density at radius 3 is 2.43 bits per heavy atom. The lowest BCUT2D eigenvalue weighted by Crippen LogP contribution is -2.18. The molecular formula is C4H7NOS. The van der Waals surface area contributed by atoms with Crippen LogP contribution in [0.2, 0.25) is 0 Å². The van der Waals surface area contributed by atoms with E-state index >= 15 is 0 Å². The van der Waals surface area contributed by atoms with E-state index in [0.29, 0.717) is 0 Å². The van der Waals surface area contributed by atoms with Crippen molar-refractivity contribution in [1.29, 1.82) is 0 Å². The van der Waals surface area contributed by atoms with Crippen molar-refractivity contribution in [2.24, 2.45) is 11.7 Å². The van der Waals surface area contributed by atoms with Crippen LogP contribution in [-0.4, -0.2) is 11.3 Å². The van der Waals surface area contributed by atoms with Crippen molar-refractivity contribution < 1.29 is 4.79 Å². The highest BCUT2D eigenvalue weighted by molar-refractivity contribution is 7.80. The van der Waals surface area contributed by atoms with Gasteiger partial charge in [0, 0.05) is 0 Å². The summed E-state index contributed by atoms with van der Waals surface area (Å²) in [6, 6.07) is 0. The molecule has 0 spiro atoms. The summed E-state index contributed by atoms with van der Waals surface area (Å²) in [5, 5.41) is 0. The highest BCUT2D eigenvalue weighted by atomic mass is 32.1. The standard InChI is InChI=1S/C4H7NOS/c1-3(2-6)4(5)7/h2-3H,1H3,(H2,5,7). The second-order valence-electron chi connectivity index (χ2n) is 1.33. The second kappa shape index (κ2) is 2.69. The highest BCUT2D eigenvalue weighted by Crippen LogP contribution is 1.85. The van der Waals surface area contributed by atoms with Crippen LogP contribution in [0.1, 0.15) is 6.92 Å². The van der Waals surface area contributed by atoms with E-state index in [1.165, 1.54) is 0 Å². The van der Waals surface area contributed by atoms with Crippen molar-refractivity contribution in [3.05, 3.63) is 0 Å². The van der Waals surface area contributed by atoms with Crippen LogP contribution in [0.25, 0.3) is 0 Å². The minimum atomic E-state index is -0.269. The highest BCUT2D eigenvalue weighted by Gasteiger charge is 1.98. The van der Waals surface area contributed by atoms with Crippen LogP contribution < -0.4 is 5.73 Å². The van der Waals surface area contributed by atoms with Crippen LogP contribution in [0.4, 0.5) is 0 Å². The van der Waals surface area contributed by atoms with Crippen molar-refractivity contribution in [2.75, 3.05) is 0 Å². The summed E-state index contributed by atoms with van der Waals surface area (Å²) < 4.78 is 0. The fourth-order valence-electron chi connectivity index (χ4n) is 0.0671. The van der Waals surface area contributed by atoms with Gasteiger partial charge >= 0.3 is 0 Å². The number of carbonyl (C=O) groups is 1. The maximum Gasteiger partial charge on any atom is 0.129 e. The third kappa shape index (κ3) is 2.28. The number of carbonyl (C=O) groups excluding carboxylic acids is 1. The molecule has 0 aromatic carbocycles. The molecule has 0 bridgehead atoms. The van der Waals surface area contributed by atoms with Gasteiger partial charge in [0.25, 0.3) is 0 Å². The molecule has 40 valence electrons. The summed E-state index contributed by atoms with van der Waals surface area (Å²) in [7, 11) is 0. The van der Waals surface area contributed by atoms with Gasteiger partial charge in [0.05, 0.1) is 10.9 Å². The summed E-state index contributed by atoms with van der Waals surface area (Å²) in [5.74, 6) is -0.269. The third-order valence-electron chi connectivity index (χ3n) is 0.653. The quantitative estimate of drug-likeness (QED) is 0.412. The lowest BCUT2D eigenvalue weighted by molar-refractivity contribution is -0.109. The van der Waals surface area contributed by atoms with Crippen LogP contribution in [0, 0.1) is 5.92 Å². The molecule has 0 saturated carbocycles. The van der Waals surface area contributed by atoms with Crippen LogP contribution in [-0.2, 0) is 4.79 Å². The van der Waals surface area contributed by atoms with Crippen molar-refractivity contribution in [3.63, 3.8) is 0 Å². The first-order chi connectivity index (χ1) is 3.18. The number of rotatable bonds is 2. The molecule has 2 nitrogen and oxygen atoms in total. The van der Waals surface area contributed by atoms with Crippen molar-refractivity contribution in [2.45, 2.75) is 6.92 Å². The minimum Gasteiger partial charge on any atom is -0.393 e. The van der Waals surface area contributed by atoms with E-state index < -0.39 is 0 Å². The molecule has 0 aliphatic rings. The Labute approximate surface area is 47.7 Å². The minimum absolute atomic E-state index is 0.259. The lowest BCUT2D eigenvalue weighted by Gasteiger charge is -1.94. The zero-order valence-corrected chi connectivity index (χ0v) is 4.87. The number of hydrogen-bond donors (Lipinski definition) is 1. The van der Waals surface area contributed by atoms with Gasteiger partial charge in [-0.05, 0) is 6.92 Å². The maximum absolute atomic E-state index is 9.78. The number of thiocarbonyl (C=S) groups is 1. The Kier molecular flexibility index (Phi) is 2.52. The molecule has 0 radical (unpaired) electrons. The maximum atomic E-state index is 9.78. The Morgan fingerprint density at radius 1 is 2.00 bits per heavy atom. The van der Waals surface area contributed by atoms with Crippen molar-refractivity contribution >= 4 is 23.5 Å². The average molecular weight is 117 g/mol. The Bertz CT molecular complexity index is 91.7. The van der Waals surface area contributed by atoms with E-state index in [-0.39, 0.29) is 10.9 Å². The molecule has 1 unspecified atom stereocenters. The summed E-state index contributed by atoms with van der Waals surface area (Å²) in [6.45, 7) is 1.66. The monoisotopic (exact) mass is 117 g/mol. The normalized spacial score (nSPS) is 12.7. The molecule has 0 aliphatic heterocycles. The molecule has 0 aromatic rings. The van der Waals surface area contributed by atoms with Gasteiger partial charge in [-0.2, -0.15) is 0 Å². The molecule has 0 saturated heterocycles. The van der Waals surface area contributed by atoms with E-state index in [9.17, 15) is 4.79 Å². The molecule has 0 rings (SSSR count). The van der Waals surface area contributed by atoms with Gasteiger partial charge in [0.2, 0.25) is 0 Å². The van der Waals surface area contributed by atoms with Crippen LogP contribution in [0.3, 0.4) is 0 Å². The van der Waals surface area contributed by atoms with Gasteiger partial charge in [-0.25, -0.2) is 0 Å². The van der Waals surface area contributed by atoms with E-state index in [4.69, 9.17) is 5.73 Å². The SMILES string of the molecule is CC(C=O)C(N)=S. The first kappa shape index (κ1) is 6.56. The fourth-order valence-corrected chi connectivity index (χ4v) is 0.123. The topological polar surface area (TPSA) is 43.1 Å². The van der Waals surface area contributed by atoms with Crippen LogP contribution in [0.5, 0.6) is 0 Å². The number of hydrogen-bond acceptors (Lipinski definition) is 2. The summed E-state index contributed by atoms with van der Waals surface area (Å²) in [4.78, 5) is 10.0. The van der Waals surface area contributed by atoms with Gasteiger partial charge in [-0.3, -0.25) is 0 Å². The molecule has 0 fully saturated rings. The van der Waals surface area contributed by atoms with E-state index in [1.807, 2.05) is 0 Å². The average Bonchev–Trinajstić information content (AvgIpc) is 1.65. The molecule has 0 amide bonds. The van der Waals surface area contributed by atoms with Gasteiger partial charge in [0.1, 0.15) is 6.29 Å². The predicted molar refractivity (Wildman–Crippen MR) is 32.0 cm³/mol. The van der Waals surface area contributed by atoms with Crippen molar-refractivity contribution in [3.8, 4) is 0 Å². The van der Waals surface area contributed by atoms with Crippen LogP contribution in [0.15, 0.2) is 0 Å². The van der Waals surface area contributed by atoms with Gasteiger partial charge < -0.3 is 10.5 Å². The molecule has 2 N–H and O–H groups in total. The first-order valence-corrected chi connectivity index (χ1v) is 2.34. The Hall–Kier alpha value is -0.440. The Morgan fingerprint density at radius 2 is 2.43 bits per heavy atom. The van der Waals surface area contributed by atoms with Gasteiger partial charge in [0.15, 0.2) is 0 Å². The van der Waals surface area contributed by atoms with Gasteiger partial charge in [-0.15, -0.1) is 0 Å². The lowest BCUT2D eigenvalue weighted by atomic mass is 10.2. The summed E-state index contributed by atoms with van der Waals surface area (Å²) in [5.41, 5.74) is 5.05. The van der Waals surface area contributed by atoms with E-state index in [1.54, 1.807) is 6.92 Å². The zero-order valence-electron chi connectivity index (χ0n) is 4.05. The van der Waals surface area contributed by atoms with Crippen molar-refractivity contribution in [1.82, 2.24) is 0 Å². The smallest absolute Gasteiger partial charge is 0.129 e. The molecule has 3 heteroatoms. The second-order valence-corrected chi connectivity index (χ2v) is 1.80. The first-order valence-electron chi connectivity index (χ1n) is 1.93. The van der Waals surface area contributed by atoms with E-state index in [2.05, 4.69) is 12.2 Å². The third-order valence-corrected chi connectivity index (χ3v) is 1.02. The van der Waals surface area contributed by atoms with E-state index in [0.717, 1.165) is 6.29 Å². The fraction of sp³-hybridized carbons (Fsp3) is 0.500. The molecular weight excluding hydrogens is 110 g/mol. The number of nitrogens with two attached hydrogens (primary N) is 1. The molecule has 0 aromatic heterocycles. The van der Waals surface area contributed by atoms with Gasteiger partial charge in [-0.1, -0.05) is 12.2 Å².